The molecule has 2 heterocycles. The SMILES string of the molecule is C[C@H]1CCCCO[C@H](CN(C)CC2CC2)[C@@H](C)CN([C@@H](C)CO)C(=O)c2cc(NC(=O)c3ccncc3)ccc2O1. The van der Waals surface area contributed by atoms with Crippen LogP contribution in [0.15, 0.2) is 42.7 Å². The molecule has 2 aromatic rings. The van der Waals surface area contributed by atoms with Crippen molar-refractivity contribution < 1.29 is 24.2 Å². The fourth-order valence-electron chi connectivity index (χ4n) is 5.29. The summed E-state index contributed by atoms with van der Waals surface area (Å²) in [6.45, 7) is 8.76. The monoisotopic (exact) mass is 566 g/mol. The third-order valence-electron chi connectivity index (χ3n) is 8.01. The Bertz CT molecular complexity index is 1140. The number of carbonyl (C=O) groups is 2. The first-order chi connectivity index (χ1) is 19.7. The van der Waals surface area contributed by atoms with Crippen molar-refractivity contribution in [2.45, 2.75) is 71.1 Å². The van der Waals surface area contributed by atoms with Gasteiger partial charge in [-0.05, 0) is 89.2 Å². The molecule has 9 heteroatoms. The van der Waals surface area contributed by atoms with Gasteiger partial charge in [-0.2, -0.15) is 0 Å². The van der Waals surface area contributed by atoms with Crippen LogP contribution >= 0.6 is 0 Å². The van der Waals surface area contributed by atoms with E-state index in [1.54, 1.807) is 47.6 Å². The van der Waals surface area contributed by atoms with E-state index in [0.717, 1.165) is 38.3 Å². The van der Waals surface area contributed by atoms with Crippen molar-refractivity contribution in [3.8, 4) is 5.75 Å². The van der Waals surface area contributed by atoms with E-state index in [2.05, 4.69) is 29.2 Å². The Hall–Kier alpha value is -3.01. The average molecular weight is 567 g/mol. The molecule has 0 bridgehead atoms. The van der Waals surface area contributed by atoms with Crippen molar-refractivity contribution in [2.75, 3.05) is 45.2 Å². The van der Waals surface area contributed by atoms with Crippen LogP contribution in [-0.2, 0) is 4.74 Å². The Balaban J connectivity index is 1.62. The third-order valence-corrected chi connectivity index (χ3v) is 8.01. The van der Waals surface area contributed by atoms with Gasteiger partial charge in [0.25, 0.3) is 11.8 Å². The Morgan fingerprint density at radius 3 is 2.61 bits per heavy atom. The van der Waals surface area contributed by atoms with Crippen molar-refractivity contribution >= 4 is 17.5 Å². The Morgan fingerprint density at radius 1 is 1.15 bits per heavy atom. The van der Waals surface area contributed by atoms with E-state index in [-0.39, 0.29) is 36.5 Å². The normalized spacial score (nSPS) is 23.3. The predicted octanol–water partition coefficient (Wildman–Crippen LogP) is 4.47. The molecule has 1 aliphatic carbocycles. The van der Waals surface area contributed by atoms with Gasteiger partial charge in [0.2, 0.25) is 0 Å². The first-order valence-corrected chi connectivity index (χ1v) is 15.0. The van der Waals surface area contributed by atoms with Crippen LogP contribution in [0, 0.1) is 11.8 Å². The molecule has 1 aliphatic heterocycles. The number of fused-ring (bicyclic) bond motifs is 1. The number of hydrogen-bond donors (Lipinski definition) is 2. The van der Waals surface area contributed by atoms with Crippen molar-refractivity contribution in [2.24, 2.45) is 11.8 Å². The molecule has 1 aromatic heterocycles. The number of ether oxygens (including phenoxy) is 2. The second kappa shape index (κ2) is 14.8. The van der Waals surface area contributed by atoms with Gasteiger partial charge in [0.15, 0.2) is 0 Å². The van der Waals surface area contributed by atoms with Gasteiger partial charge in [-0.1, -0.05) is 6.92 Å². The molecule has 0 radical (unpaired) electrons. The van der Waals surface area contributed by atoms with E-state index in [1.807, 2.05) is 13.8 Å². The number of amides is 2. The molecule has 0 saturated heterocycles. The fourth-order valence-corrected chi connectivity index (χ4v) is 5.29. The van der Waals surface area contributed by atoms with E-state index in [9.17, 15) is 14.7 Å². The standard InChI is InChI=1S/C32H46N4O5/c1-22-18-36(23(2)21-37)32(39)28-17-27(34-31(38)26-12-14-33-15-13-26)10-11-29(28)41-24(3)7-5-6-16-40-30(22)20-35(4)19-25-8-9-25/h10-15,17,22-25,30,37H,5-9,16,18-21H2,1-4H3,(H,34,38)/t22-,23-,24-,30+/m0/s1. The number of pyridine rings is 1. The van der Waals surface area contributed by atoms with Crippen LogP contribution in [0.3, 0.4) is 0 Å². The maximum atomic E-state index is 14.2. The molecule has 41 heavy (non-hydrogen) atoms. The lowest BCUT2D eigenvalue weighted by Gasteiger charge is -2.36. The number of aliphatic hydroxyl groups is 1. The fraction of sp³-hybridized carbons (Fsp3) is 0.594. The zero-order chi connectivity index (χ0) is 29.4. The molecule has 2 aliphatic rings. The maximum Gasteiger partial charge on any atom is 0.258 e. The third kappa shape index (κ3) is 8.99. The molecule has 1 saturated carbocycles. The zero-order valence-electron chi connectivity index (χ0n) is 24.9. The summed E-state index contributed by atoms with van der Waals surface area (Å²) < 4.78 is 12.7. The first kappa shape index (κ1) is 30.9. The summed E-state index contributed by atoms with van der Waals surface area (Å²) in [4.78, 5) is 35.1. The van der Waals surface area contributed by atoms with Gasteiger partial charge in [0, 0.05) is 55.8 Å². The molecule has 4 rings (SSSR count). The second-order valence-electron chi connectivity index (χ2n) is 11.9. The second-order valence-corrected chi connectivity index (χ2v) is 11.9. The highest BCUT2D eigenvalue weighted by atomic mass is 16.5. The summed E-state index contributed by atoms with van der Waals surface area (Å²) in [6, 6.07) is 8.04. The van der Waals surface area contributed by atoms with Crippen LogP contribution in [0.1, 0.15) is 73.6 Å². The zero-order valence-corrected chi connectivity index (χ0v) is 24.9. The predicted molar refractivity (Wildman–Crippen MR) is 159 cm³/mol. The van der Waals surface area contributed by atoms with Gasteiger partial charge in [0.05, 0.1) is 30.4 Å². The minimum absolute atomic E-state index is 0.0374. The van der Waals surface area contributed by atoms with E-state index in [1.165, 1.54) is 12.8 Å². The molecule has 4 atom stereocenters. The molecule has 2 N–H and O–H groups in total. The Kier molecular flexibility index (Phi) is 11.1. The molecule has 0 unspecified atom stereocenters. The topological polar surface area (TPSA) is 104 Å². The molecule has 9 nitrogen and oxygen atoms in total. The van der Waals surface area contributed by atoms with Gasteiger partial charge < -0.3 is 29.7 Å². The van der Waals surface area contributed by atoms with Crippen molar-refractivity contribution in [1.82, 2.24) is 14.8 Å². The number of benzene rings is 1. The molecule has 1 fully saturated rings. The largest absolute Gasteiger partial charge is 0.490 e. The van der Waals surface area contributed by atoms with Crippen LogP contribution in [0.2, 0.25) is 0 Å². The number of rotatable bonds is 8. The summed E-state index contributed by atoms with van der Waals surface area (Å²) in [7, 11) is 2.15. The summed E-state index contributed by atoms with van der Waals surface area (Å²) in [6.07, 6.45) is 8.30. The van der Waals surface area contributed by atoms with Crippen LogP contribution in [0.5, 0.6) is 5.75 Å². The van der Waals surface area contributed by atoms with Crippen molar-refractivity contribution in [3.63, 3.8) is 0 Å². The molecule has 224 valence electrons. The highest BCUT2D eigenvalue weighted by Crippen LogP contribution is 2.31. The summed E-state index contributed by atoms with van der Waals surface area (Å²) in [5.41, 5.74) is 1.32. The average Bonchev–Trinajstić information content (AvgIpc) is 3.78. The highest BCUT2D eigenvalue weighted by molar-refractivity contribution is 6.05. The maximum absolute atomic E-state index is 14.2. The minimum atomic E-state index is -0.414. The first-order valence-electron chi connectivity index (χ1n) is 15.0. The Labute approximate surface area is 244 Å². The van der Waals surface area contributed by atoms with Gasteiger partial charge in [-0.3, -0.25) is 14.6 Å². The number of carbonyl (C=O) groups excluding carboxylic acids is 2. The van der Waals surface area contributed by atoms with Crippen LogP contribution in [-0.4, -0.2) is 89.9 Å². The summed E-state index contributed by atoms with van der Waals surface area (Å²) in [5, 5.41) is 13.0. The Morgan fingerprint density at radius 2 is 1.90 bits per heavy atom. The summed E-state index contributed by atoms with van der Waals surface area (Å²) >= 11 is 0. The van der Waals surface area contributed by atoms with Crippen LogP contribution in [0.25, 0.3) is 0 Å². The van der Waals surface area contributed by atoms with E-state index in [0.29, 0.717) is 35.7 Å². The van der Waals surface area contributed by atoms with E-state index >= 15 is 0 Å². The molecular weight excluding hydrogens is 520 g/mol. The van der Waals surface area contributed by atoms with Crippen molar-refractivity contribution in [3.05, 3.63) is 53.9 Å². The van der Waals surface area contributed by atoms with Crippen LogP contribution < -0.4 is 10.1 Å². The number of likely N-dealkylation sites (N-methyl/N-ethyl adjacent to an activating group) is 1. The molecular formula is C32H46N4O5. The lowest BCUT2D eigenvalue weighted by atomic mass is 10.0. The van der Waals surface area contributed by atoms with Gasteiger partial charge >= 0.3 is 0 Å². The number of hydrogen-bond acceptors (Lipinski definition) is 7. The number of anilines is 1. The van der Waals surface area contributed by atoms with Gasteiger partial charge in [-0.25, -0.2) is 0 Å². The van der Waals surface area contributed by atoms with E-state index in [4.69, 9.17) is 9.47 Å². The molecule has 0 spiro atoms. The van der Waals surface area contributed by atoms with Crippen LogP contribution in [0.4, 0.5) is 5.69 Å². The molecule has 1 aromatic carbocycles. The lowest BCUT2D eigenvalue weighted by molar-refractivity contribution is -0.0172. The summed E-state index contributed by atoms with van der Waals surface area (Å²) in [5.74, 6) is 0.756. The van der Waals surface area contributed by atoms with E-state index < -0.39 is 6.04 Å². The molecule has 2 amide bonds. The number of nitrogens with one attached hydrogen (secondary N) is 1. The smallest absolute Gasteiger partial charge is 0.258 e. The quantitative estimate of drug-likeness (QED) is 0.486. The lowest BCUT2D eigenvalue weighted by Crippen LogP contribution is -2.47. The van der Waals surface area contributed by atoms with Gasteiger partial charge in [0.1, 0.15) is 5.75 Å². The highest BCUT2D eigenvalue weighted by Gasteiger charge is 2.31. The number of aromatic nitrogens is 1. The number of nitrogens with zero attached hydrogens (tertiary/aromatic N) is 3. The minimum Gasteiger partial charge on any atom is -0.490 e. The van der Waals surface area contributed by atoms with Crippen molar-refractivity contribution in [1.29, 1.82) is 0 Å². The van der Waals surface area contributed by atoms with Gasteiger partial charge in [-0.15, -0.1) is 0 Å². The number of aliphatic hydroxyl groups excluding tert-OH is 1.